The Balaban J connectivity index is 1.61. The van der Waals surface area contributed by atoms with Crippen LogP contribution in [0, 0.1) is 5.82 Å². The molecule has 120 valence electrons. The summed E-state index contributed by atoms with van der Waals surface area (Å²) in [6.45, 7) is 0.441. The van der Waals surface area contributed by atoms with Crippen LogP contribution in [-0.2, 0) is 6.54 Å². The van der Waals surface area contributed by atoms with E-state index in [2.05, 4.69) is 15.6 Å². The topological polar surface area (TPSA) is 54.0 Å². The molecule has 5 heteroatoms. The van der Waals surface area contributed by atoms with E-state index in [4.69, 9.17) is 0 Å². The molecule has 24 heavy (non-hydrogen) atoms. The number of aromatic nitrogens is 1. The second kappa shape index (κ2) is 7.37. The normalized spacial score (nSPS) is 10.2. The molecule has 3 rings (SSSR count). The first-order valence-electron chi connectivity index (χ1n) is 7.52. The maximum atomic E-state index is 13.6. The average molecular weight is 321 g/mol. The molecule has 1 amide bonds. The van der Waals surface area contributed by atoms with Crippen LogP contribution in [0.15, 0.2) is 72.9 Å². The lowest BCUT2D eigenvalue weighted by Gasteiger charge is -2.08. The maximum Gasteiger partial charge on any atom is 0.270 e. The van der Waals surface area contributed by atoms with Crippen molar-refractivity contribution in [3.8, 4) is 0 Å². The molecule has 0 aliphatic rings. The van der Waals surface area contributed by atoms with E-state index >= 15 is 0 Å². The van der Waals surface area contributed by atoms with Gasteiger partial charge in [-0.3, -0.25) is 4.79 Å². The third-order valence-corrected chi connectivity index (χ3v) is 3.44. The summed E-state index contributed by atoms with van der Waals surface area (Å²) in [5.41, 5.74) is 2.30. The number of hydrogen-bond acceptors (Lipinski definition) is 3. The molecule has 1 heterocycles. The van der Waals surface area contributed by atoms with E-state index in [1.807, 2.05) is 30.3 Å². The van der Waals surface area contributed by atoms with Gasteiger partial charge in [0.05, 0.1) is 17.6 Å². The molecular formula is C19H16FN3O. The summed E-state index contributed by atoms with van der Waals surface area (Å²) in [7, 11) is 0. The van der Waals surface area contributed by atoms with Gasteiger partial charge in [-0.25, -0.2) is 9.37 Å². The summed E-state index contributed by atoms with van der Waals surface area (Å²) < 4.78 is 13.6. The highest BCUT2D eigenvalue weighted by molar-refractivity contribution is 5.92. The Kier molecular flexibility index (Phi) is 4.81. The third kappa shape index (κ3) is 3.95. The number of benzene rings is 2. The molecule has 0 saturated carbocycles. The van der Waals surface area contributed by atoms with E-state index in [-0.39, 0.29) is 11.7 Å². The minimum absolute atomic E-state index is 0.253. The van der Waals surface area contributed by atoms with Crippen molar-refractivity contribution in [3.63, 3.8) is 0 Å². The second-order valence-electron chi connectivity index (χ2n) is 5.21. The van der Waals surface area contributed by atoms with Gasteiger partial charge in [0.25, 0.3) is 5.91 Å². The van der Waals surface area contributed by atoms with Crippen LogP contribution in [0.3, 0.4) is 0 Å². The molecule has 0 atom stereocenters. The Morgan fingerprint density at radius 1 is 0.958 bits per heavy atom. The zero-order valence-corrected chi connectivity index (χ0v) is 12.9. The van der Waals surface area contributed by atoms with Crippen molar-refractivity contribution < 1.29 is 9.18 Å². The van der Waals surface area contributed by atoms with Crippen molar-refractivity contribution in [2.45, 2.75) is 6.54 Å². The van der Waals surface area contributed by atoms with E-state index in [1.54, 1.807) is 30.3 Å². The highest BCUT2D eigenvalue weighted by Crippen LogP contribution is 2.18. The largest absolute Gasteiger partial charge is 0.352 e. The number of rotatable bonds is 5. The Morgan fingerprint density at radius 3 is 2.42 bits per heavy atom. The zero-order valence-electron chi connectivity index (χ0n) is 12.9. The zero-order chi connectivity index (χ0) is 16.8. The van der Waals surface area contributed by atoms with E-state index in [1.165, 1.54) is 12.3 Å². The van der Waals surface area contributed by atoms with Crippen molar-refractivity contribution in [1.82, 2.24) is 10.3 Å². The van der Waals surface area contributed by atoms with Crippen LogP contribution in [0.1, 0.15) is 16.1 Å². The molecule has 0 aliphatic carbocycles. The lowest BCUT2D eigenvalue weighted by molar-refractivity contribution is 0.0946. The van der Waals surface area contributed by atoms with Gasteiger partial charge in [-0.2, -0.15) is 0 Å². The number of hydrogen-bond donors (Lipinski definition) is 2. The first kappa shape index (κ1) is 15.7. The minimum Gasteiger partial charge on any atom is -0.352 e. The summed E-state index contributed by atoms with van der Waals surface area (Å²) in [5, 5.41) is 5.74. The minimum atomic E-state index is -0.345. The molecule has 0 saturated heterocycles. The van der Waals surface area contributed by atoms with Crippen molar-refractivity contribution in [2.75, 3.05) is 5.32 Å². The number of pyridine rings is 1. The lowest BCUT2D eigenvalue weighted by Crippen LogP contribution is -2.23. The van der Waals surface area contributed by atoms with Crippen LogP contribution in [0.2, 0.25) is 0 Å². The van der Waals surface area contributed by atoms with Gasteiger partial charge < -0.3 is 10.6 Å². The van der Waals surface area contributed by atoms with Crippen LogP contribution < -0.4 is 10.6 Å². The number of nitrogens with zero attached hydrogens (tertiary/aromatic N) is 1. The summed E-state index contributed by atoms with van der Waals surface area (Å²) in [6.07, 6.45) is 1.50. The number of carbonyl (C=O) groups is 1. The molecular weight excluding hydrogens is 305 g/mol. The fraction of sp³-hybridized carbons (Fsp3) is 0.0526. The summed E-state index contributed by atoms with van der Waals surface area (Å²) in [5.74, 6) is -0.599. The van der Waals surface area contributed by atoms with Gasteiger partial charge in [0, 0.05) is 6.54 Å². The molecule has 3 aromatic rings. The average Bonchev–Trinajstić information content (AvgIpc) is 2.63. The van der Waals surface area contributed by atoms with Crippen molar-refractivity contribution in [1.29, 1.82) is 0 Å². The Bertz CT molecular complexity index is 820. The quantitative estimate of drug-likeness (QED) is 0.749. The SMILES string of the molecule is O=C(NCc1ccccc1)c1ccc(Nc2ccccc2F)cn1. The molecule has 0 aliphatic heterocycles. The highest BCUT2D eigenvalue weighted by atomic mass is 19.1. The lowest BCUT2D eigenvalue weighted by atomic mass is 10.2. The number of anilines is 2. The van der Waals surface area contributed by atoms with E-state index in [0.717, 1.165) is 5.56 Å². The van der Waals surface area contributed by atoms with Crippen molar-refractivity contribution in [3.05, 3.63) is 90.0 Å². The molecule has 0 spiro atoms. The monoisotopic (exact) mass is 321 g/mol. The maximum absolute atomic E-state index is 13.6. The van der Waals surface area contributed by atoms with Crippen LogP contribution in [0.4, 0.5) is 15.8 Å². The Hall–Kier alpha value is -3.21. The number of carbonyl (C=O) groups excluding carboxylic acids is 1. The molecule has 1 aromatic heterocycles. The van der Waals surface area contributed by atoms with Crippen LogP contribution in [0.5, 0.6) is 0 Å². The first-order valence-corrected chi connectivity index (χ1v) is 7.52. The second-order valence-corrected chi connectivity index (χ2v) is 5.21. The molecule has 0 fully saturated rings. The van der Waals surface area contributed by atoms with Gasteiger partial charge in [-0.15, -0.1) is 0 Å². The van der Waals surface area contributed by atoms with Crippen LogP contribution in [0.25, 0.3) is 0 Å². The molecule has 0 unspecified atom stereocenters. The first-order chi connectivity index (χ1) is 11.7. The van der Waals surface area contributed by atoms with Gasteiger partial charge in [0.1, 0.15) is 11.5 Å². The Morgan fingerprint density at radius 2 is 1.71 bits per heavy atom. The molecule has 2 N–H and O–H groups in total. The standard InChI is InChI=1S/C19H16FN3O/c20-16-8-4-5-9-17(16)23-15-10-11-18(21-13-15)19(24)22-12-14-6-2-1-3-7-14/h1-11,13,23H,12H2,(H,22,24). The van der Waals surface area contributed by atoms with Crippen molar-refractivity contribution >= 4 is 17.3 Å². The predicted octanol–water partition coefficient (Wildman–Crippen LogP) is 3.89. The van der Waals surface area contributed by atoms with Crippen LogP contribution >= 0.6 is 0 Å². The summed E-state index contributed by atoms with van der Waals surface area (Å²) in [6, 6.07) is 19.3. The van der Waals surface area contributed by atoms with Gasteiger partial charge in [0.2, 0.25) is 0 Å². The smallest absolute Gasteiger partial charge is 0.270 e. The number of nitrogens with one attached hydrogen (secondary N) is 2. The Labute approximate surface area is 139 Å². The fourth-order valence-electron chi connectivity index (χ4n) is 2.19. The van der Waals surface area contributed by atoms with Crippen molar-refractivity contribution in [2.24, 2.45) is 0 Å². The highest BCUT2D eigenvalue weighted by Gasteiger charge is 2.07. The fourth-order valence-corrected chi connectivity index (χ4v) is 2.19. The summed E-state index contributed by atoms with van der Waals surface area (Å²) >= 11 is 0. The van der Waals surface area contributed by atoms with Gasteiger partial charge in [0.15, 0.2) is 0 Å². The van der Waals surface area contributed by atoms with E-state index < -0.39 is 0 Å². The third-order valence-electron chi connectivity index (χ3n) is 3.44. The van der Waals surface area contributed by atoms with E-state index in [9.17, 15) is 9.18 Å². The summed E-state index contributed by atoms with van der Waals surface area (Å²) in [4.78, 5) is 16.2. The number of halogens is 1. The van der Waals surface area contributed by atoms with Gasteiger partial charge in [-0.05, 0) is 29.8 Å². The number of amides is 1. The van der Waals surface area contributed by atoms with E-state index in [0.29, 0.717) is 23.6 Å². The predicted molar refractivity (Wildman–Crippen MR) is 91.5 cm³/mol. The molecule has 0 bridgehead atoms. The molecule has 4 nitrogen and oxygen atoms in total. The van der Waals surface area contributed by atoms with Gasteiger partial charge >= 0.3 is 0 Å². The number of para-hydroxylation sites is 1. The molecule has 2 aromatic carbocycles. The molecule has 0 radical (unpaired) electrons. The van der Waals surface area contributed by atoms with Gasteiger partial charge in [-0.1, -0.05) is 42.5 Å². The van der Waals surface area contributed by atoms with Crippen LogP contribution in [-0.4, -0.2) is 10.9 Å².